The minimum Gasteiger partial charge on any atom is -0.493 e. The number of hydrazone groups is 1. The smallest absolute Gasteiger partial charge is 0.345 e. The van der Waals surface area contributed by atoms with Crippen molar-refractivity contribution in [1.82, 2.24) is 5.43 Å². The van der Waals surface area contributed by atoms with Crippen molar-refractivity contribution in [2.75, 3.05) is 13.7 Å². The second kappa shape index (κ2) is 11.4. The Labute approximate surface area is 200 Å². The third kappa shape index (κ3) is 6.71. The van der Waals surface area contributed by atoms with Gasteiger partial charge in [0.05, 0.1) is 23.9 Å². The predicted molar refractivity (Wildman–Crippen MR) is 127 cm³/mol. The third-order valence-electron chi connectivity index (χ3n) is 4.38. The van der Waals surface area contributed by atoms with Gasteiger partial charge in [0.15, 0.2) is 18.1 Å². The summed E-state index contributed by atoms with van der Waals surface area (Å²) < 4.78 is 16.2. The molecule has 0 bridgehead atoms. The first-order valence-electron chi connectivity index (χ1n) is 9.73. The number of benzene rings is 3. The summed E-state index contributed by atoms with van der Waals surface area (Å²) in [6.45, 7) is 1.63. The quantitative estimate of drug-likeness (QED) is 0.208. The highest BCUT2D eigenvalue weighted by Gasteiger charge is 2.15. The largest absolute Gasteiger partial charge is 0.493 e. The Balaban J connectivity index is 1.58. The van der Waals surface area contributed by atoms with Gasteiger partial charge in [0.2, 0.25) is 0 Å². The zero-order valence-electron chi connectivity index (χ0n) is 17.8. The normalized spacial score (nSPS) is 10.7. The zero-order chi connectivity index (χ0) is 23.8. The third-order valence-corrected chi connectivity index (χ3v) is 4.95. The van der Waals surface area contributed by atoms with Crippen LogP contribution in [0, 0.1) is 6.92 Å². The van der Waals surface area contributed by atoms with Crippen molar-refractivity contribution in [2.24, 2.45) is 5.10 Å². The summed E-state index contributed by atoms with van der Waals surface area (Å²) in [6.07, 6.45) is 1.42. The number of rotatable bonds is 8. The average Bonchev–Trinajstić information content (AvgIpc) is 2.79. The molecular weight excluding hydrogens is 467 g/mol. The van der Waals surface area contributed by atoms with Crippen molar-refractivity contribution >= 4 is 41.3 Å². The topological polar surface area (TPSA) is 86.2 Å². The molecule has 0 radical (unpaired) electrons. The number of ether oxygens (including phenoxy) is 3. The van der Waals surface area contributed by atoms with Gasteiger partial charge in [-0.25, -0.2) is 10.2 Å². The second-order valence-electron chi connectivity index (χ2n) is 6.77. The number of hydrogen-bond acceptors (Lipinski definition) is 6. The summed E-state index contributed by atoms with van der Waals surface area (Å²) in [6, 6.07) is 16.5. The molecule has 33 heavy (non-hydrogen) atoms. The van der Waals surface area contributed by atoms with Crippen molar-refractivity contribution < 1.29 is 23.8 Å². The molecule has 0 aliphatic rings. The monoisotopic (exact) mass is 486 g/mol. The van der Waals surface area contributed by atoms with Gasteiger partial charge >= 0.3 is 5.97 Å². The molecule has 0 aromatic heterocycles. The van der Waals surface area contributed by atoms with Crippen LogP contribution < -0.4 is 19.6 Å². The molecule has 0 saturated carbocycles. The molecule has 9 heteroatoms. The summed E-state index contributed by atoms with van der Waals surface area (Å²) in [5.41, 5.74) is 4.06. The van der Waals surface area contributed by atoms with E-state index in [4.69, 9.17) is 37.4 Å². The second-order valence-corrected chi connectivity index (χ2v) is 7.61. The van der Waals surface area contributed by atoms with Gasteiger partial charge < -0.3 is 14.2 Å². The maximum atomic E-state index is 12.4. The summed E-state index contributed by atoms with van der Waals surface area (Å²) in [7, 11) is 1.45. The van der Waals surface area contributed by atoms with E-state index in [9.17, 15) is 9.59 Å². The van der Waals surface area contributed by atoms with Crippen LogP contribution in [0.15, 0.2) is 65.8 Å². The average molecular weight is 487 g/mol. The van der Waals surface area contributed by atoms with Gasteiger partial charge in [-0.2, -0.15) is 5.10 Å². The molecule has 0 aliphatic carbocycles. The lowest BCUT2D eigenvalue weighted by Gasteiger charge is -2.10. The van der Waals surface area contributed by atoms with Crippen molar-refractivity contribution in [2.45, 2.75) is 6.92 Å². The number of esters is 1. The minimum absolute atomic E-state index is 0.208. The van der Waals surface area contributed by atoms with Crippen molar-refractivity contribution in [1.29, 1.82) is 0 Å². The summed E-state index contributed by atoms with van der Waals surface area (Å²) in [5.74, 6) is 0.0501. The first-order valence-corrected chi connectivity index (χ1v) is 10.5. The molecule has 0 fully saturated rings. The van der Waals surface area contributed by atoms with Crippen LogP contribution in [0.2, 0.25) is 10.0 Å². The molecule has 0 atom stereocenters. The highest BCUT2D eigenvalue weighted by Crippen LogP contribution is 2.29. The standard InChI is InChI=1S/C24H20Cl2N2O5/c1-15-11-17(25)8-10-20(15)32-14-23(29)28-27-13-16-7-9-21(22(12-16)31-2)33-24(30)18-5-3-4-6-19(18)26/h3-13H,14H2,1-2H3,(H,28,29)/b27-13-. The molecule has 0 saturated heterocycles. The number of nitrogens with one attached hydrogen (secondary N) is 1. The number of halogens is 2. The number of aryl methyl sites for hydroxylation is 1. The van der Waals surface area contributed by atoms with Gasteiger partial charge in [-0.05, 0) is 66.6 Å². The lowest BCUT2D eigenvalue weighted by atomic mass is 10.2. The molecule has 3 aromatic carbocycles. The van der Waals surface area contributed by atoms with Crippen LogP contribution in [-0.2, 0) is 4.79 Å². The summed E-state index contributed by atoms with van der Waals surface area (Å²) >= 11 is 11.9. The van der Waals surface area contributed by atoms with E-state index in [2.05, 4.69) is 10.5 Å². The molecule has 3 rings (SSSR count). The van der Waals surface area contributed by atoms with Crippen molar-refractivity contribution in [3.8, 4) is 17.2 Å². The fraction of sp³-hybridized carbons (Fsp3) is 0.125. The maximum Gasteiger partial charge on any atom is 0.345 e. The van der Waals surface area contributed by atoms with Crippen LogP contribution in [0.5, 0.6) is 17.2 Å². The summed E-state index contributed by atoms with van der Waals surface area (Å²) in [4.78, 5) is 24.4. The number of nitrogens with zero attached hydrogens (tertiary/aromatic N) is 1. The number of methoxy groups -OCH3 is 1. The number of hydrogen-bond donors (Lipinski definition) is 1. The zero-order valence-corrected chi connectivity index (χ0v) is 19.3. The van der Waals surface area contributed by atoms with Gasteiger partial charge in [-0.15, -0.1) is 0 Å². The Bertz CT molecular complexity index is 1200. The van der Waals surface area contributed by atoms with Crippen LogP contribution in [0.25, 0.3) is 0 Å². The Morgan fingerprint density at radius 3 is 2.48 bits per heavy atom. The van der Waals surface area contributed by atoms with E-state index < -0.39 is 11.9 Å². The minimum atomic E-state index is -0.608. The van der Waals surface area contributed by atoms with E-state index in [1.165, 1.54) is 13.3 Å². The van der Waals surface area contributed by atoms with Gasteiger partial charge in [-0.3, -0.25) is 4.79 Å². The summed E-state index contributed by atoms with van der Waals surface area (Å²) in [5, 5.41) is 4.79. The highest BCUT2D eigenvalue weighted by atomic mass is 35.5. The molecule has 1 N–H and O–H groups in total. The highest BCUT2D eigenvalue weighted by molar-refractivity contribution is 6.33. The fourth-order valence-electron chi connectivity index (χ4n) is 2.76. The van der Waals surface area contributed by atoms with Crippen molar-refractivity contribution in [3.05, 3.63) is 87.4 Å². The molecule has 0 spiro atoms. The first-order chi connectivity index (χ1) is 15.9. The number of amides is 1. The molecule has 170 valence electrons. The van der Waals surface area contributed by atoms with E-state index in [0.29, 0.717) is 22.1 Å². The Kier molecular flexibility index (Phi) is 8.29. The van der Waals surface area contributed by atoms with Crippen LogP contribution >= 0.6 is 23.2 Å². The van der Waals surface area contributed by atoms with E-state index >= 15 is 0 Å². The van der Waals surface area contributed by atoms with Gasteiger partial charge in [0, 0.05) is 5.02 Å². The number of carbonyl (C=O) groups is 2. The van der Waals surface area contributed by atoms with Crippen LogP contribution in [0.4, 0.5) is 0 Å². The van der Waals surface area contributed by atoms with Crippen LogP contribution in [-0.4, -0.2) is 31.8 Å². The predicted octanol–water partition coefficient (Wildman–Crippen LogP) is 5.06. The molecular formula is C24H20Cl2N2O5. The van der Waals surface area contributed by atoms with Crippen molar-refractivity contribution in [3.63, 3.8) is 0 Å². The molecule has 0 unspecified atom stereocenters. The van der Waals surface area contributed by atoms with Gasteiger partial charge in [-0.1, -0.05) is 35.3 Å². The Morgan fingerprint density at radius 1 is 1.00 bits per heavy atom. The van der Waals surface area contributed by atoms with E-state index in [1.807, 2.05) is 6.92 Å². The van der Waals surface area contributed by atoms with E-state index in [1.54, 1.807) is 60.7 Å². The SMILES string of the molecule is COc1cc(/C=N\NC(=O)COc2ccc(Cl)cc2C)ccc1OC(=O)c1ccccc1Cl. The molecule has 0 aliphatic heterocycles. The fourth-order valence-corrected chi connectivity index (χ4v) is 3.20. The molecule has 3 aromatic rings. The molecule has 7 nitrogen and oxygen atoms in total. The Hall–Kier alpha value is -3.55. The lowest BCUT2D eigenvalue weighted by molar-refractivity contribution is -0.123. The lowest BCUT2D eigenvalue weighted by Crippen LogP contribution is -2.24. The first kappa shape index (κ1) is 24.1. The molecule has 0 heterocycles. The number of carbonyl (C=O) groups excluding carboxylic acids is 2. The van der Waals surface area contributed by atoms with E-state index in [-0.39, 0.29) is 22.9 Å². The van der Waals surface area contributed by atoms with Crippen LogP contribution in [0.1, 0.15) is 21.5 Å². The maximum absolute atomic E-state index is 12.4. The van der Waals surface area contributed by atoms with Gasteiger partial charge in [0.1, 0.15) is 5.75 Å². The molecule has 1 amide bonds. The Morgan fingerprint density at radius 2 is 1.76 bits per heavy atom. The van der Waals surface area contributed by atoms with Crippen LogP contribution in [0.3, 0.4) is 0 Å². The van der Waals surface area contributed by atoms with E-state index in [0.717, 1.165) is 5.56 Å². The van der Waals surface area contributed by atoms with Gasteiger partial charge in [0.25, 0.3) is 5.91 Å².